The number of hydrogen-bond acceptors (Lipinski definition) is 4. The third-order valence-electron chi connectivity index (χ3n) is 8.90. The van der Waals surface area contributed by atoms with Gasteiger partial charge in [0, 0.05) is 38.6 Å². The molecule has 0 unspecified atom stereocenters. The van der Waals surface area contributed by atoms with Crippen LogP contribution in [0.15, 0.2) is 11.6 Å². The summed E-state index contributed by atoms with van der Waals surface area (Å²) < 4.78 is 6.01. The molecule has 5 rings (SSSR count). The first kappa shape index (κ1) is 20.1. The quantitative estimate of drug-likeness (QED) is 0.519. The lowest BCUT2D eigenvalue weighted by Crippen LogP contribution is -2.62. The first-order valence-corrected chi connectivity index (χ1v) is 11.9. The van der Waals surface area contributed by atoms with Crippen LogP contribution in [0.25, 0.3) is 0 Å². The first-order chi connectivity index (χ1) is 13.6. The predicted molar refractivity (Wildman–Crippen MR) is 115 cm³/mol. The molecule has 0 aromatic rings. The van der Waals surface area contributed by atoms with Gasteiger partial charge in [-0.15, -0.1) is 0 Å². The van der Waals surface area contributed by atoms with Crippen LogP contribution in [-0.2, 0) is 9.53 Å². The van der Waals surface area contributed by atoms with E-state index < -0.39 is 0 Å². The van der Waals surface area contributed by atoms with Crippen LogP contribution >= 0.6 is 0 Å². The summed E-state index contributed by atoms with van der Waals surface area (Å²) in [7, 11) is 2.26. The number of carbonyl (C=O) groups is 1. The van der Waals surface area contributed by atoms with Crippen molar-refractivity contribution in [1.29, 1.82) is 0 Å². The van der Waals surface area contributed by atoms with E-state index in [1.807, 2.05) is 0 Å². The van der Waals surface area contributed by atoms with Gasteiger partial charge in [0.25, 0.3) is 0 Å². The maximum atomic E-state index is 13.0. The predicted octanol–water partition coefficient (Wildman–Crippen LogP) is 3.96. The molecule has 0 spiro atoms. The van der Waals surface area contributed by atoms with Crippen LogP contribution in [0.3, 0.4) is 0 Å². The molecular formula is C25H40N2O2. The fourth-order valence-corrected chi connectivity index (χ4v) is 8.51. The summed E-state index contributed by atoms with van der Waals surface area (Å²) >= 11 is 0. The largest absolute Gasteiger partial charge is 0.461 e. The molecule has 0 amide bonds. The monoisotopic (exact) mass is 400 g/mol. The minimum Gasteiger partial charge on any atom is -0.461 e. The number of ether oxygens (including phenoxy) is 1. The average Bonchev–Trinajstić information content (AvgIpc) is 2.84. The molecule has 29 heavy (non-hydrogen) atoms. The fraction of sp³-hybridized carbons (Fsp3) is 0.880. The Hall–Kier alpha value is -0.870. The minimum absolute atomic E-state index is 0.0231. The van der Waals surface area contributed by atoms with Crippen LogP contribution in [0.4, 0.5) is 0 Å². The van der Waals surface area contributed by atoms with E-state index in [-0.39, 0.29) is 29.3 Å². The Labute approximate surface area is 177 Å². The highest BCUT2D eigenvalue weighted by Crippen LogP contribution is 2.54. The number of fused-ring (bicyclic) bond motifs is 4. The van der Waals surface area contributed by atoms with Crippen LogP contribution in [0, 0.1) is 34.0 Å². The van der Waals surface area contributed by atoms with Gasteiger partial charge in [0.15, 0.2) is 0 Å². The summed E-state index contributed by atoms with van der Waals surface area (Å²) in [6.45, 7) is 15.1. The molecule has 0 radical (unpaired) electrons. The Balaban J connectivity index is 1.37. The molecule has 4 nitrogen and oxygen atoms in total. The van der Waals surface area contributed by atoms with Crippen molar-refractivity contribution in [2.45, 2.75) is 65.9 Å². The number of likely N-dealkylation sites (tertiary alicyclic amines) is 2. The second-order valence-electron chi connectivity index (χ2n) is 12.5. The van der Waals surface area contributed by atoms with Crippen LogP contribution in [0.5, 0.6) is 0 Å². The van der Waals surface area contributed by atoms with E-state index >= 15 is 0 Å². The van der Waals surface area contributed by atoms with Gasteiger partial charge in [0.05, 0.1) is 5.92 Å². The number of nitrogens with zero attached hydrogens (tertiary/aromatic N) is 2. The number of esters is 1. The smallest absolute Gasteiger partial charge is 0.311 e. The summed E-state index contributed by atoms with van der Waals surface area (Å²) in [6.07, 6.45) is 8.82. The molecule has 2 aliphatic carbocycles. The molecule has 162 valence electrons. The molecule has 3 heterocycles. The Morgan fingerprint density at radius 1 is 1.14 bits per heavy atom. The Morgan fingerprint density at radius 2 is 1.83 bits per heavy atom. The summed E-state index contributed by atoms with van der Waals surface area (Å²) in [4.78, 5) is 18.1. The fourth-order valence-electron chi connectivity index (χ4n) is 8.51. The van der Waals surface area contributed by atoms with Gasteiger partial charge in [-0.3, -0.25) is 4.79 Å². The Morgan fingerprint density at radius 3 is 2.52 bits per heavy atom. The molecule has 4 fully saturated rings. The lowest BCUT2D eigenvalue weighted by atomic mass is 9.59. The molecular weight excluding hydrogens is 360 g/mol. The van der Waals surface area contributed by atoms with Crippen LogP contribution < -0.4 is 0 Å². The molecule has 1 saturated carbocycles. The van der Waals surface area contributed by atoms with Crippen molar-refractivity contribution in [1.82, 2.24) is 9.80 Å². The van der Waals surface area contributed by atoms with E-state index in [1.54, 1.807) is 5.57 Å². The standard InChI is InChI=1S/C25H40N2O2/c1-17-7-6-8-25(4)10-21-18(9-20(17)25)19(22(28)29-21)11-27-15-23(2)12-24(3,16-27)14-26(5)13-23/h9,17-19,21H,6-8,10-16H2,1-5H3/t17-,18+,19+,21+,23-,24+,25+/m0/s1. The summed E-state index contributed by atoms with van der Waals surface area (Å²) in [5.74, 6) is 1.04. The Bertz CT molecular complexity index is 714. The van der Waals surface area contributed by atoms with Crippen molar-refractivity contribution in [3.8, 4) is 0 Å². The number of piperidine rings is 2. The summed E-state index contributed by atoms with van der Waals surface area (Å²) in [5.41, 5.74) is 2.55. The lowest BCUT2D eigenvalue weighted by Gasteiger charge is -2.56. The molecule has 0 N–H and O–H groups in total. The molecule has 3 aliphatic heterocycles. The maximum absolute atomic E-state index is 13.0. The third kappa shape index (κ3) is 3.39. The van der Waals surface area contributed by atoms with Gasteiger partial charge in [0.2, 0.25) is 0 Å². The second-order valence-corrected chi connectivity index (χ2v) is 12.5. The molecule has 4 heteroatoms. The van der Waals surface area contributed by atoms with E-state index in [0.29, 0.717) is 16.7 Å². The van der Waals surface area contributed by atoms with Gasteiger partial charge in [-0.1, -0.05) is 45.8 Å². The van der Waals surface area contributed by atoms with Crippen molar-refractivity contribution in [3.63, 3.8) is 0 Å². The zero-order valence-corrected chi connectivity index (χ0v) is 19.2. The highest BCUT2D eigenvalue weighted by Gasteiger charge is 2.53. The minimum atomic E-state index is 0.0231. The SMILES string of the molecule is C[C@H]1CCC[C@]2(C)C[C@H]3OC(=O)[C@H](CN4C[C@]5(C)CN(C)C[C@](C)(C4)C5)[C@H]3C=C12. The van der Waals surface area contributed by atoms with Crippen molar-refractivity contribution < 1.29 is 9.53 Å². The van der Waals surface area contributed by atoms with E-state index in [4.69, 9.17) is 4.74 Å². The Kier molecular flexibility index (Phi) is 4.54. The van der Waals surface area contributed by atoms with E-state index in [0.717, 1.165) is 26.1 Å². The van der Waals surface area contributed by atoms with Gasteiger partial charge >= 0.3 is 5.97 Å². The van der Waals surface area contributed by atoms with E-state index in [2.05, 4.69) is 50.6 Å². The van der Waals surface area contributed by atoms with Gasteiger partial charge in [0.1, 0.15) is 6.10 Å². The van der Waals surface area contributed by atoms with Gasteiger partial charge in [-0.2, -0.15) is 0 Å². The number of hydrogen-bond donors (Lipinski definition) is 0. The van der Waals surface area contributed by atoms with Crippen LogP contribution in [-0.4, -0.2) is 61.6 Å². The first-order valence-electron chi connectivity index (χ1n) is 11.9. The molecule has 7 atom stereocenters. The highest BCUT2D eigenvalue weighted by molar-refractivity contribution is 5.76. The molecule has 5 aliphatic rings. The van der Waals surface area contributed by atoms with E-state index in [1.165, 1.54) is 38.8 Å². The van der Waals surface area contributed by atoms with Crippen LogP contribution in [0.1, 0.15) is 59.8 Å². The van der Waals surface area contributed by atoms with Crippen LogP contribution in [0.2, 0.25) is 0 Å². The number of allylic oxidation sites excluding steroid dienone is 1. The zero-order chi connectivity index (χ0) is 20.6. The number of rotatable bonds is 2. The summed E-state index contributed by atoms with van der Waals surface area (Å²) in [5, 5.41) is 0. The summed E-state index contributed by atoms with van der Waals surface area (Å²) in [6, 6.07) is 0. The topological polar surface area (TPSA) is 32.8 Å². The van der Waals surface area contributed by atoms with Crippen molar-refractivity contribution >= 4 is 5.97 Å². The second kappa shape index (κ2) is 6.56. The van der Waals surface area contributed by atoms with E-state index in [9.17, 15) is 4.79 Å². The lowest BCUT2D eigenvalue weighted by molar-refractivity contribution is -0.146. The van der Waals surface area contributed by atoms with Gasteiger partial charge < -0.3 is 14.5 Å². The maximum Gasteiger partial charge on any atom is 0.311 e. The molecule has 2 bridgehead atoms. The third-order valence-corrected chi connectivity index (χ3v) is 8.90. The van der Waals surface area contributed by atoms with Crippen molar-refractivity contribution in [3.05, 3.63) is 11.6 Å². The average molecular weight is 401 g/mol. The van der Waals surface area contributed by atoms with Crippen molar-refractivity contribution in [2.75, 3.05) is 39.8 Å². The normalized spacial score (nSPS) is 50.5. The zero-order valence-electron chi connectivity index (χ0n) is 19.2. The molecule has 3 saturated heterocycles. The molecule has 0 aromatic carbocycles. The highest BCUT2D eigenvalue weighted by atomic mass is 16.6. The van der Waals surface area contributed by atoms with Gasteiger partial charge in [-0.25, -0.2) is 0 Å². The van der Waals surface area contributed by atoms with Crippen molar-refractivity contribution in [2.24, 2.45) is 34.0 Å². The molecule has 0 aromatic heterocycles. The number of carbonyl (C=O) groups excluding carboxylic acids is 1. The van der Waals surface area contributed by atoms with Gasteiger partial charge in [-0.05, 0) is 54.9 Å².